The highest BCUT2D eigenvalue weighted by Gasteiger charge is 2.09. The highest BCUT2D eigenvalue weighted by atomic mass is 14.8. The molecule has 2 nitrogen and oxygen atoms in total. The van der Waals surface area contributed by atoms with Crippen molar-refractivity contribution in [3.63, 3.8) is 0 Å². The molecule has 0 aliphatic heterocycles. The van der Waals surface area contributed by atoms with E-state index in [0.29, 0.717) is 0 Å². The van der Waals surface area contributed by atoms with Gasteiger partial charge >= 0.3 is 0 Å². The molecule has 0 aromatic heterocycles. The summed E-state index contributed by atoms with van der Waals surface area (Å²) in [5.41, 5.74) is 6.28. The maximum atomic E-state index is 5.27. The van der Waals surface area contributed by atoms with Crippen LogP contribution in [0.5, 0.6) is 0 Å². The summed E-state index contributed by atoms with van der Waals surface area (Å²) in [7, 11) is 0. The Morgan fingerprint density at radius 2 is 0.625 bits per heavy atom. The van der Waals surface area contributed by atoms with E-state index < -0.39 is 0 Å². The molecule has 72 heavy (non-hydrogen) atoms. The van der Waals surface area contributed by atoms with E-state index in [1.54, 1.807) is 0 Å². The lowest BCUT2D eigenvalue weighted by atomic mass is 10.0. The van der Waals surface area contributed by atoms with Gasteiger partial charge in [0.05, 0.1) is 17.1 Å². The molecule has 0 atom stereocenters. The second-order valence-corrected chi connectivity index (χ2v) is 21.8. The molecule has 0 unspecified atom stereocenters. The Kier molecular flexibility index (Phi) is 46.3. The van der Waals surface area contributed by atoms with Gasteiger partial charge in [-0.25, -0.2) is 4.99 Å². The Morgan fingerprint density at radius 3 is 0.958 bits per heavy atom. The van der Waals surface area contributed by atoms with E-state index in [0.717, 1.165) is 67.7 Å². The van der Waals surface area contributed by atoms with Gasteiger partial charge < -0.3 is 0 Å². The number of rotatable bonds is 50. The minimum Gasteiger partial charge on any atom is -0.251 e. The molecule has 2 aromatic carbocycles. The summed E-state index contributed by atoms with van der Waals surface area (Å²) >= 11 is 0. The van der Waals surface area contributed by atoms with Gasteiger partial charge in [-0.05, 0) is 86.3 Å². The maximum absolute atomic E-state index is 5.27. The van der Waals surface area contributed by atoms with Crippen molar-refractivity contribution >= 4 is 35.0 Å². The average molecular weight is 986 g/mol. The zero-order chi connectivity index (χ0) is 51.3. The molecule has 406 valence electrons. The van der Waals surface area contributed by atoms with Crippen molar-refractivity contribution in [1.82, 2.24) is 0 Å². The molecule has 2 heteroatoms. The minimum absolute atomic E-state index is 0.835. The van der Waals surface area contributed by atoms with Crippen LogP contribution in [0.4, 0.5) is 11.4 Å². The highest BCUT2D eigenvalue weighted by Crippen LogP contribution is 2.21. The summed E-state index contributed by atoms with van der Waals surface area (Å²) in [6.45, 7) is 9.17. The smallest absolute Gasteiger partial charge is 0.135 e. The van der Waals surface area contributed by atoms with E-state index in [-0.39, 0.29) is 0 Å². The molecule has 0 heterocycles. The topological polar surface area (TPSA) is 24.7 Å². The van der Waals surface area contributed by atoms with Gasteiger partial charge in [0, 0.05) is 6.42 Å². The fraction of sp³-hybridized carbons (Fsp3) is 0.714. The monoisotopic (exact) mass is 985 g/mol. The van der Waals surface area contributed by atoms with Gasteiger partial charge in [0.1, 0.15) is 5.71 Å². The first-order chi connectivity index (χ1) is 35.7. The summed E-state index contributed by atoms with van der Waals surface area (Å²) in [5, 5.41) is 0. The average Bonchev–Trinajstić information content (AvgIpc) is 3.40. The van der Waals surface area contributed by atoms with Crippen molar-refractivity contribution < 1.29 is 0 Å². The van der Waals surface area contributed by atoms with Crippen LogP contribution in [0.3, 0.4) is 0 Å². The molecular weight excluding hydrogens is 869 g/mol. The van der Waals surface area contributed by atoms with Crippen LogP contribution in [0, 0.1) is 11.8 Å². The molecule has 0 radical (unpaired) electrons. The van der Waals surface area contributed by atoms with Crippen molar-refractivity contribution in [2.45, 2.75) is 323 Å². The number of nitrogens with zero attached hydrogens (tertiary/aromatic N) is 2. The molecule has 0 bridgehead atoms. The first kappa shape index (κ1) is 64.9. The molecule has 2 rings (SSSR count). The van der Waals surface area contributed by atoms with Gasteiger partial charge in [0.25, 0.3) is 0 Å². The van der Waals surface area contributed by atoms with Crippen molar-refractivity contribution in [2.75, 3.05) is 0 Å². The van der Waals surface area contributed by atoms with Crippen LogP contribution < -0.4 is 0 Å². The molecule has 2 aromatic rings. The van der Waals surface area contributed by atoms with Crippen LogP contribution >= 0.6 is 0 Å². The molecule has 0 aliphatic carbocycles. The van der Waals surface area contributed by atoms with E-state index in [4.69, 9.17) is 9.98 Å². The SMILES string of the molecule is CCCCCCCCCCCCCCC=Cc1ccc(N=C(C#CCCCCCCCCCCCCCCCCCC)C(CCCC)=Nc2ccc(C=CCCCCCCCCCCCCCC)cc2)cc1. The van der Waals surface area contributed by atoms with E-state index in [1.807, 2.05) is 0 Å². The molecule has 0 N–H and O–H groups in total. The molecule has 0 saturated heterocycles. The van der Waals surface area contributed by atoms with Gasteiger partial charge in [-0.1, -0.05) is 326 Å². The van der Waals surface area contributed by atoms with Crippen LogP contribution in [0.2, 0.25) is 0 Å². The van der Waals surface area contributed by atoms with Gasteiger partial charge in [-0.15, -0.1) is 0 Å². The predicted molar refractivity (Wildman–Crippen MR) is 328 cm³/mol. The first-order valence-corrected chi connectivity index (χ1v) is 31.9. The number of hydrogen-bond acceptors (Lipinski definition) is 2. The van der Waals surface area contributed by atoms with Crippen LogP contribution in [-0.4, -0.2) is 11.4 Å². The predicted octanol–water partition coefficient (Wildman–Crippen LogP) is 24.6. The number of hydrogen-bond donors (Lipinski definition) is 0. The number of aliphatic imine (C=N–C) groups is 2. The molecule has 0 spiro atoms. The minimum atomic E-state index is 0.835. The first-order valence-electron chi connectivity index (χ1n) is 31.9. The zero-order valence-corrected chi connectivity index (χ0v) is 48.3. The molecule has 0 amide bonds. The number of unbranched alkanes of at least 4 members (excludes halogenated alkanes) is 41. The molecule has 0 saturated carbocycles. The van der Waals surface area contributed by atoms with Crippen LogP contribution in [0.25, 0.3) is 12.2 Å². The summed E-state index contributed by atoms with van der Waals surface area (Å²) in [4.78, 5) is 10.5. The Balaban J connectivity index is 1.94. The van der Waals surface area contributed by atoms with Crippen molar-refractivity contribution in [3.8, 4) is 11.8 Å². The number of benzene rings is 2. The Labute approximate surface area is 449 Å². The summed E-state index contributed by atoms with van der Waals surface area (Å²) in [6.07, 6.45) is 71.4. The summed E-state index contributed by atoms with van der Waals surface area (Å²) in [5.74, 6) is 7.14. The highest BCUT2D eigenvalue weighted by molar-refractivity contribution is 6.49. The van der Waals surface area contributed by atoms with Gasteiger partial charge in [0.15, 0.2) is 0 Å². The van der Waals surface area contributed by atoms with E-state index in [1.165, 1.54) is 262 Å². The Bertz CT molecular complexity index is 1650. The molecule has 0 aliphatic rings. The van der Waals surface area contributed by atoms with Gasteiger partial charge in [0.2, 0.25) is 0 Å². The second-order valence-electron chi connectivity index (χ2n) is 21.8. The van der Waals surface area contributed by atoms with Crippen LogP contribution in [0.15, 0.2) is 70.7 Å². The third-order valence-electron chi connectivity index (χ3n) is 14.8. The van der Waals surface area contributed by atoms with Gasteiger partial charge in [-0.2, -0.15) is 0 Å². The van der Waals surface area contributed by atoms with Crippen LogP contribution in [0.1, 0.15) is 334 Å². The quantitative estimate of drug-likeness (QED) is 0.0359. The standard InChI is InChI=1S/C70H116N2/c1-5-9-13-16-19-22-25-28-31-32-33-34-37-40-43-46-49-52-56-70(72-68-63-59-66(60-64-68)54-51-48-45-42-39-36-30-27-24-21-18-15-11-7-3)69(55-12-8-4)71-67-61-57-65(58-62-67)53-50-47-44-41-38-35-29-26-23-20-17-14-10-6-2/h50-51,53-54,57-64H,5-49,55H2,1-4H3. The Hall–Kier alpha value is -3.18. The fourth-order valence-electron chi connectivity index (χ4n) is 9.89. The van der Waals surface area contributed by atoms with Gasteiger partial charge in [-0.3, -0.25) is 4.99 Å². The van der Waals surface area contributed by atoms with E-state index in [2.05, 4.69) is 112 Å². The van der Waals surface area contributed by atoms with E-state index in [9.17, 15) is 0 Å². The lowest BCUT2D eigenvalue weighted by molar-refractivity contribution is 0.530. The zero-order valence-electron chi connectivity index (χ0n) is 48.3. The van der Waals surface area contributed by atoms with E-state index >= 15 is 0 Å². The van der Waals surface area contributed by atoms with Crippen molar-refractivity contribution in [1.29, 1.82) is 0 Å². The third-order valence-corrected chi connectivity index (χ3v) is 14.8. The lowest BCUT2D eigenvalue weighted by Crippen LogP contribution is -2.12. The molecule has 0 fully saturated rings. The largest absolute Gasteiger partial charge is 0.251 e. The van der Waals surface area contributed by atoms with Crippen LogP contribution in [-0.2, 0) is 0 Å². The maximum Gasteiger partial charge on any atom is 0.135 e. The summed E-state index contributed by atoms with van der Waals surface area (Å²) in [6, 6.07) is 17.6. The Morgan fingerprint density at radius 1 is 0.333 bits per heavy atom. The fourth-order valence-corrected chi connectivity index (χ4v) is 9.89. The third kappa shape index (κ3) is 40.2. The normalized spacial score (nSPS) is 12.2. The lowest BCUT2D eigenvalue weighted by Gasteiger charge is -2.07. The van der Waals surface area contributed by atoms with Crippen molar-refractivity contribution in [3.05, 3.63) is 71.8 Å². The van der Waals surface area contributed by atoms with Crippen molar-refractivity contribution in [2.24, 2.45) is 9.98 Å². The summed E-state index contributed by atoms with van der Waals surface area (Å²) < 4.78 is 0. The second kappa shape index (κ2) is 51.3. The number of allylic oxidation sites excluding steroid dienone is 2. The molecular formula is C70H116N2.